The topological polar surface area (TPSA) is 0 Å². The van der Waals surface area contributed by atoms with E-state index in [0.717, 1.165) is 24.3 Å². The van der Waals surface area contributed by atoms with E-state index in [4.69, 9.17) is 0 Å². The van der Waals surface area contributed by atoms with E-state index < -0.39 is 0 Å². The van der Waals surface area contributed by atoms with Gasteiger partial charge < -0.3 is 0 Å². The molecule has 0 spiro atoms. The van der Waals surface area contributed by atoms with Crippen LogP contribution in [0.3, 0.4) is 0 Å². The van der Waals surface area contributed by atoms with Crippen molar-refractivity contribution in [1.82, 2.24) is 0 Å². The van der Waals surface area contributed by atoms with Crippen molar-refractivity contribution in [3.05, 3.63) is 59.4 Å². The van der Waals surface area contributed by atoms with Crippen LogP contribution >= 0.6 is 0 Å². The molecule has 190 valence electrons. The van der Waals surface area contributed by atoms with Crippen LogP contribution in [-0.4, -0.2) is 0 Å². The predicted octanol–water partition coefficient (Wildman–Crippen LogP) is 10.7. The molecule has 1 aromatic rings. The van der Waals surface area contributed by atoms with E-state index in [-0.39, 0.29) is 5.82 Å². The maximum Gasteiger partial charge on any atom is 0.126 e. The Labute approximate surface area is 210 Å². The van der Waals surface area contributed by atoms with Crippen LogP contribution in [0.2, 0.25) is 0 Å². The van der Waals surface area contributed by atoms with Crippen LogP contribution in [0.1, 0.15) is 134 Å². The average Bonchev–Trinajstić information content (AvgIpc) is 2.87. The minimum atomic E-state index is 0.0326. The van der Waals surface area contributed by atoms with Crippen molar-refractivity contribution in [2.75, 3.05) is 0 Å². The lowest BCUT2D eigenvalue weighted by molar-refractivity contribution is 0.373. The summed E-state index contributed by atoms with van der Waals surface area (Å²) in [4.78, 5) is 0. The minimum absolute atomic E-state index is 0.0326. The number of hydrogen-bond donors (Lipinski definition) is 0. The summed E-state index contributed by atoms with van der Waals surface area (Å²) in [5.74, 6) is 2.76. The largest absolute Gasteiger partial charge is 0.207 e. The summed E-state index contributed by atoms with van der Waals surface area (Å²) < 4.78 is 14.7. The van der Waals surface area contributed by atoms with Crippen molar-refractivity contribution < 1.29 is 4.39 Å². The second-order valence-electron chi connectivity index (χ2n) is 11.2. The minimum Gasteiger partial charge on any atom is -0.207 e. The molecule has 0 nitrogen and oxygen atoms in total. The third-order valence-electron chi connectivity index (χ3n) is 8.43. The fourth-order valence-corrected chi connectivity index (χ4v) is 6.02. The predicted molar refractivity (Wildman–Crippen MR) is 147 cm³/mol. The molecule has 0 radical (unpaired) electrons. The smallest absolute Gasteiger partial charge is 0.126 e. The number of hydrogen-bond acceptors (Lipinski definition) is 0. The van der Waals surface area contributed by atoms with Crippen LogP contribution in [-0.2, 0) is 6.42 Å². The highest BCUT2D eigenvalue weighted by Crippen LogP contribution is 2.37. The van der Waals surface area contributed by atoms with Crippen molar-refractivity contribution in [2.24, 2.45) is 17.8 Å². The van der Waals surface area contributed by atoms with Crippen LogP contribution in [0, 0.1) is 23.6 Å². The van der Waals surface area contributed by atoms with Gasteiger partial charge in [0.15, 0.2) is 0 Å². The Morgan fingerprint density at radius 1 is 0.765 bits per heavy atom. The first kappa shape index (κ1) is 27.2. The van der Waals surface area contributed by atoms with E-state index in [1.165, 1.54) is 102 Å². The van der Waals surface area contributed by atoms with Crippen molar-refractivity contribution in [1.29, 1.82) is 0 Å². The van der Waals surface area contributed by atoms with Crippen LogP contribution in [0.4, 0.5) is 4.39 Å². The Hall–Kier alpha value is -1.37. The summed E-state index contributed by atoms with van der Waals surface area (Å²) in [7, 11) is 0. The zero-order chi connectivity index (χ0) is 24.0. The SMILES string of the molecule is CCCCCCCCc1ccc(C2CCC(C=CC3C=CC(CCCCC)CC3)CC2)cc1F. The van der Waals surface area contributed by atoms with Crippen molar-refractivity contribution in [3.63, 3.8) is 0 Å². The second-order valence-corrected chi connectivity index (χ2v) is 11.2. The van der Waals surface area contributed by atoms with Crippen LogP contribution in [0.25, 0.3) is 0 Å². The van der Waals surface area contributed by atoms with Crippen LogP contribution in [0.5, 0.6) is 0 Å². The standard InChI is InChI=1S/C33H51F/c1-3-5-7-8-9-11-13-31-24-25-32(26-33(31)34)30-22-20-29(21-23-30)19-18-28-16-14-27(15-17-28)12-10-6-4-2/h14,16,18-19,24-30H,3-13,15,17,20-23H2,1-2H3. The summed E-state index contributed by atoms with van der Waals surface area (Å²) in [6.07, 6.45) is 31.5. The van der Waals surface area contributed by atoms with Gasteiger partial charge >= 0.3 is 0 Å². The number of aryl methyl sites for hydroxylation is 1. The zero-order valence-corrected chi connectivity index (χ0v) is 22.2. The fraction of sp³-hybridized carbons (Fsp3) is 0.697. The Balaban J connectivity index is 1.37. The maximum atomic E-state index is 14.7. The molecule has 34 heavy (non-hydrogen) atoms. The van der Waals surface area contributed by atoms with Crippen LogP contribution < -0.4 is 0 Å². The third-order valence-corrected chi connectivity index (χ3v) is 8.43. The summed E-state index contributed by atoms with van der Waals surface area (Å²) in [5.41, 5.74) is 2.15. The molecule has 2 aliphatic rings. The van der Waals surface area contributed by atoms with E-state index in [1.54, 1.807) is 0 Å². The average molecular weight is 467 g/mol. The molecular formula is C33H51F. The first-order valence-electron chi connectivity index (χ1n) is 14.8. The van der Waals surface area contributed by atoms with E-state index in [9.17, 15) is 4.39 Å². The summed E-state index contributed by atoms with van der Waals surface area (Å²) >= 11 is 0. The van der Waals surface area contributed by atoms with Gasteiger partial charge in [0.1, 0.15) is 5.82 Å². The summed E-state index contributed by atoms with van der Waals surface area (Å²) in [6, 6.07) is 6.16. The second kappa shape index (κ2) is 15.6. The van der Waals surface area contributed by atoms with Gasteiger partial charge in [-0.25, -0.2) is 4.39 Å². The van der Waals surface area contributed by atoms with Crippen LogP contribution in [0.15, 0.2) is 42.5 Å². The highest BCUT2D eigenvalue weighted by Gasteiger charge is 2.22. The Morgan fingerprint density at radius 3 is 2.21 bits per heavy atom. The summed E-state index contributed by atoms with van der Waals surface area (Å²) in [6.45, 7) is 4.54. The monoisotopic (exact) mass is 466 g/mol. The lowest BCUT2D eigenvalue weighted by atomic mass is 9.77. The lowest BCUT2D eigenvalue weighted by Crippen LogP contribution is -2.13. The molecule has 0 aromatic heterocycles. The number of unbranched alkanes of at least 4 members (excludes halogenated alkanes) is 7. The number of rotatable bonds is 14. The van der Waals surface area contributed by atoms with Gasteiger partial charge in [0.2, 0.25) is 0 Å². The van der Waals surface area contributed by atoms with Gasteiger partial charge in [-0.2, -0.15) is 0 Å². The van der Waals surface area contributed by atoms with Crippen molar-refractivity contribution >= 4 is 0 Å². The first-order valence-corrected chi connectivity index (χ1v) is 14.8. The molecule has 0 aliphatic heterocycles. The summed E-state index contributed by atoms with van der Waals surface area (Å²) in [5, 5.41) is 0. The van der Waals surface area contributed by atoms with E-state index >= 15 is 0 Å². The molecular weight excluding hydrogens is 415 g/mol. The van der Waals surface area contributed by atoms with Crippen molar-refractivity contribution in [2.45, 2.75) is 129 Å². The molecule has 0 bridgehead atoms. The molecule has 0 saturated heterocycles. The molecule has 2 aliphatic carbocycles. The normalized spacial score (nSPS) is 25.3. The van der Waals surface area contributed by atoms with Gasteiger partial charge in [0.25, 0.3) is 0 Å². The van der Waals surface area contributed by atoms with Crippen molar-refractivity contribution in [3.8, 4) is 0 Å². The number of allylic oxidation sites excluding steroid dienone is 4. The van der Waals surface area contributed by atoms with Gasteiger partial charge in [-0.3, -0.25) is 0 Å². The van der Waals surface area contributed by atoms with E-state index in [2.05, 4.69) is 50.3 Å². The molecule has 0 amide bonds. The maximum absolute atomic E-state index is 14.7. The lowest BCUT2D eigenvalue weighted by Gasteiger charge is -2.28. The van der Waals surface area contributed by atoms with Gasteiger partial charge in [-0.05, 0) is 98.7 Å². The highest BCUT2D eigenvalue weighted by atomic mass is 19.1. The Kier molecular flexibility index (Phi) is 12.5. The molecule has 1 saturated carbocycles. The molecule has 2 atom stereocenters. The molecule has 2 unspecified atom stereocenters. The molecule has 0 heterocycles. The fourth-order valence-electron chi connectivity index (χ4n) is 6.02. The third kappa shape index (κ3) is 9.35. The number of halogens is 1. The Bertz CT molecular complexity index is 737. The van der Waals surface area contributed by atoms with Gasteiger partial charge in [-0.1, -0.05) is 102 Å². The molecule has 1 fully saturated rings. The Morgan fingerprint density at radius 2 is 1.50 bits per heavy atom. The number of benzene rings is 1. The van der Waals surface area contributed by atoms with E-state index in [0.29, 0.717) is 17.8 Å². The van der Waals surface area contributed by atoms with Gasteiger partial charge in [0, 0.05) is 0 Å². The van der Waals surface area contributed by atoms with E-state index in [1.807, 2.05) is 6.07 Å². The molecule has 1 heteroatoms. The molecule has 0 N–H and O–H groups in total. The zero-order valence-electron chi connectivity index (χ0n) is 22.2. The molecule has 1 aromatic carbocycles. The van der Waals surface area contributed by atoms with Gasteiger partial charge in [0.05, 0.1) is 0 Å². The van der Waals surface area contributed by atoms with Gasteiger partial charge in [-0.15, -0.1) is 0 Å². The first-order chi connectivity index (χ1) is 16.7. The highest BCUT2D eigenvalue weighted by molar-refractivity contribution is 5.27. The molecule has 3 rings (SSSR count). The quantitative estimate of drug-likeness (QED) is 0.189.